The minimum Gasteiger partial charge on any atom is -0.322 e. The van der Waals surface area contributed by atoms with Crippen LogP contribution in [0.15, 0.2) is 24.3 Å². The lowest BCUT2D eigenvalue weighted by Crippen LogP contribution is -2.53. The summed E-state index contributed by atoms with van der Waals surface area (Å²) in [6.07, 6.45) is 1.02. The van der Waals surface area contributed by atoms with E-state index in [9.17, 15) is 21.6 Å². The second kappa shape index (κ2) is 7.76. The highest BCUT2D eigenvalue weighted by Gasteiger charge is 2.41. The first-order valence-corrected chi connectivity index (χ1v) is 12.4. The zero-order valence-electron chi connectivity index (χ0n) is 15.3. The third kappa shape index (κ3) is 4.61. The molecule has 27 heavy (non-hydrogen) atoms. The van der Waals surface area contributed by atoms with Crippen molar-refractivity contribution in [2.24, 2.45) is 0 Å². The maximum atomic E-state index is 12.7. The summed E-state index contributed by atoms with van der Waals surface area (Å²) in [6.45, 7) is 2.95. The van der Waals surface area contributed by atoms with Gasteiger partial charge in [-0.25, -0.2) is 21.6 Å². The van der Waals surface area contributed by atoms with Gasteiger partial charge in [0.05, 0.1) is 16.8 Å². The highest BCUT2D eigenvalue weighted by atomic mass is 32.2. The predicted molar refractivity (Wildman–Crippen MR) is 104 cm³/mol. The van der Waals surface area contributed by atoms with E-state index >= 15 is 0 Å². The number of benzene rings is 1. The van der Waals surface area contributed by atoms with Gasteiger partial charge in [0.15, 0.2) is 9.84 Å². The molecule has 3 rings (SSSR count). The molecule has 2 aliphatic heterocycles. The molecule has 2 fully saturated rings. The van der Waals surface area contributed by atoms with Crippen LogP contribution in [-0.4, -0.2) is 75.0 Å². The predicted octanol–water partition coefficient (Wildman–Crippen LogP) is 0.915. The highest BCUT2D eigenvalue weighted by molar-refractivity contribution is 7.95. The summed E-state index contributed by atoms with van der Waals surface area (Å²) in [7, 11) is -6.92. The summed E-state index contributed by atoms with van der Waals surface area (Å²) in [4.78, 5) is 14.0. The molecular weight excluding hydrogens is 390 g/mol. The Balaban J connectivity index is 1.57. The second-order valence-corrected chi connectivity index (χ2v) is 11.4. The van der Waals surface area contributed by atoms with E-state index in [4.69, 9.17) is 0 Å². The van der Waals surface area contributed by atoms with E-state index in [0.717, 1.165) is 12.0 Å². The normalized spacial score (nSPS) is 23.3. The molecule has 0 aromatic heterocycles. The Morgan fingerprint density at radius 3 is 2.52 bits per heavy atom. The number of carbonyl (C=O) groups excluding carboxylic acids is 1. The molecule has 150 valence electrons. The fourth-order valence-corrected chi connectivity index (χ4v) is 7.94. The fourth-order valence-electron chi connectivity index (χ4n) is 3.42. The Morgan fingerprint density at radius 2 is 1.93 bits per heavy atom. The van der Waals surface area contributed by atoms with Crippen molar-refractivity contribution in [3.63, 3.8) is 0 Å². The number of aryl methyl sites for hydroxylation is 1. The third-order valence-electron chi connectivity index (χ3n) is 5.08. The molecular formula is C17H25N3O5S2. The van der Waals surface area contributed by atoms with E-state index in [1.54, 1.807) is 4.90 Å². The number of amides is 2. The summed E-state index contributed by atoms with van der Waals surface area (Å²) in [6, 6.07) is 7.35. The highest BCUT2D eigenvalue weighted by Crippen LogP contribution is 2.23. The van der Waals surface area contributed by atoms with Crippen molar-refractivity contribution in [2.45, 2.75) is 25.0 Å². The molecule has 8 nitrogen and oxygen atoms in total. The number of anilines is 1. The van der Waals surface area contributed by atoms with Crippen LogP contribution in [0.4, 0.5) is 10.5 Å². The Morgan fingerprint density at radius 1 is 1.22 bits per heavy atom. The van der Waals surface area contributed by atoms with Crippen molar-refractivity contribution >= 4 is 31.6 Å². The van der Waals surface area contributed by atoms with Gasteiger partial charge in [0.1, 0.15) is 0 Å². The van der Waals surface area contributed by atoms with Gasteiger partial charge in [-0.2, -0.15) is 4.31 Å². The first-order chi connectivity index (χ1) is 12.7. The molecule has 2 saturated heterocycles. The fraction of sp³-hybridized carbons (Fsp3) is 0.588. The SMILES string of the molecule is CCc1cccc(NC(=O)N2CCN(S(=O)(=O)C3CCS(=O)(=O)C3)CC2)c1. The summed E-state index contributed by atoms with van der Waals surface area (Å²) >= 11 is 0. The van der Waals surface area contributed by atoms with E-state index in [-0.39, 0.29) is 50.1 Å². The second-order valence-electron chi connectivity index (χ2n) is 6.94. The minimum absolute atomic E-state index is 0.0733. The lowest BCUT2D eigenvalue weighted by atomic mass is 10.1. The summed E-state index contributed by atoms with van der Waals surface area (Å²) in [5.41, 5.74) is 1.83. The average molecular weight is 416 g/mol. The number of nitrogens with zero attached hydrogens (tertiary/aromatic N) is 2. The van der Waals surface area contributed by atoms with Gasteiger partial charge in [0, 0.05) is 31.9 Å². The molecule has 0 radical (unpaired) electrons. The van der Waals surface area contributed by atoms with E-state index in [1.807, 2.05) is 31.2 Å². The molecule has 0 spiro atoms. The minimum atomic E-state index is -3.65. The number of carbonyl (C=O) groups is 1. The molecule has 10 heteroatoms. The molecule has 1 unspecified atom stereocenters. The third-order valence-corrected chi connectivity index (χ3v) is 9.39. The Kier molecular flexibility index (Phi) is 5.78. The first kappa shape index (κ1) is 20.1. The van der Waals surface area contributed by atoms with Crippen molar-refractivity contribution in [3.8, 4) is 0 Å². The van der Waals surface area contributed by atoms with Crippen molar-refractivity contribution in [1.29, 1.82) is 0 Å². The molecule has 1 aromatic carbocycles. The number of urea groups is 1. The number of sulfonamides is 1. The van der Waals surface area contributed by atoms with E-state index in [2.05, 4.69) is 5.32 Å². The molecule has 2 aliphatic rings. The number of nitrogens with one attached hydrogen (secondary N) is 1. The molecule has 1 N–H and O–H groups in total. The number of sulfone groups is 1. The topological polar surface area (TPSA) is 104 Å². The van der Waals surface area contributed by atoms with Gasteiger partial charge in [-0.05, 0) is 30.5 Å². The zero-order valence-corrected chi connectivity index (χ0v) is 16.9. The van der Waals surface area contributed by atoms with E-state index in [1.165, 1.54) is 4.31 Å². The largest absolute Gasteiger partial charge is 0.322 e. The monoisotopic (exact) mass is 415 g/mol. The quantitative estimate of drug-likeness (QED) is 0.787. The Hall–Kier alpha value is -1.65. The van der Waals surface area contributed by atoms with Gasteiger partial charge >= 0.3 is 6.03 Å². The number of hydrogen-bond donors (Lipinski definition) is 1. The lowest BCUT2D eigenvalue weighted by Gasteiger charge is -2.35. The summed E-state index contributed by atoms with van der Waals surface area (Å²) in [5.74, 6) is -0.375. The van der Waals surface area contributed by atoms with Crippen LogP contribution in [0.3, 0.4) is 0 Å². The maximum absolute atomic E-state index is 12.7. The Bertz CT molecular complexity index is 906. The molecule has 1 aromatic rings. The first-order valence-electron chi connectivity index (χ1n) is 9.05. The number of hydrogen-bond acceptors (Lipinski definition) is 5. The van der Waals surface area contributed by atoms with Crippen LogP contribution in [0.25, 0.3) is 0 Å². The zero-order chi connectivity index (χ0) is 19.7. The summed E-state index contributed by atoms with van der Waals surface area (Å²) < 4.78 is 49.8. The molecule has 2 amide bonds. The van der Waals surface area contributed by atoms with Gasteiger partial charge in [-0.1, -0.05) is 19.1 Å². The Labute approximate surface area is 160 Å². The average Bonchev–Trinajstić information content (AvgIpc) is 3.02. The van der Waals surface area contributed by atoms with Crippen molar-refractivity contribution in [3.05, 3.63) is 29.8 Å². The molecule has 0 bridgehead atoms. The van der Waals surface area contributed by atoms with Crippen LogP contribution >= 0.6 is 0 Å². The van der Waals surface area contributed by atoms with Crippen LogP contribution in [0.1, 0.15) is 18.9 Å². The van der Waals surface area contributed by atoms with Crippen LogP contribution in [0.5, 0.6) is 0 Å². The van der Waals surface area contributed by atoms with Crippen molar-refractivity contribution < 1.29 is 21.6 Å². The van der Waals surface area contributed by atoms with E-state index in [0.29, 0.717) is 5.69 Å². The van der Waals surface area contributed by atoms with Gasteiger partial charge in [-0.15, -0.1) is 0 Å². The van der Waals surface area contributed by atoms with Gasteiger partial charge in [0.2, 0.25) is 10.0 Å². The van der Waals surface area contributed by atoms with Gasteiger partial charge in [0.25, 0.3) is 0 Å². The van der Waals surface area contributed by atoms with Crippen LogP contribution < -0.4 is 5.32 Å². The number of rotatable bonds is 4. The molecule has 0 aliphatic carbocycles. The number of piperazine rings is 1. The summed E-state index contributed by atoms with van der Waals surface area (Å²) in [5, 5.41) is 1.98. The van der Waals surface area contributed by atoms with Crippen molar-refractivity contribution in [2.75, 3.05) is 43.0 Å². The van der Waals surface area contributed by atoms with Crippen LogP contribution in [0, 0.1) is 0 Å². The van der Waals surface area contributed by atoms with Crippen molar-refractivity contribution in [1.82, 2.24) is 9.21 Å². The van der Waals surface area contributed by atoms with Crippen LogP contribution in [-0.2, 0) is 26.3 Å². The molecule has 2 heterocycles. The van der Waals surface area contributed by atoms with Gasteiger partial charge < -0.3 is 10.2 Å². The van der Waals surface area contributed by atoms with Gasteiger partial charge in [-0.3, -0.25) is 0 Å². The molecule has 0 saturated carbocycles. The smallest absolute Gasteiger partial charge is 0.321 e. The standard InChI is InChI=1S/C17H25N3O5S2/c1-2-14-4-3-5-15(12-14)18-17(21)19-7-9-20(10-8-19)27(24,25)16-6-11-26(22,23)13-16/h3-5,12,16H,2,6-11,13H2,1H3,(H,18,21). The van der Waals surface area contributed by atoms with Crippen LogP contribution in [0.2, 0.25) is 0 Å². The van der Waals surface area contributed by atoms with E-state index < -0.39 is 25.1 Å². The molecule has 1 atom stereocenters. The maximum Gasteiger partial charge on any atom is 0.321 e. The lowest BCUT2D eigenvalue weighted by molar-refractivity contribution is 0.184.